The summed E-state index contributed by atoms with van der Waals surface area (Å²) >= 11 is 0. The van der Waals surface area contributed by atoms with Crippen LogP contribution in [0.2, 0.25) is 0 Å². The fourth-order valence-corrected chi connectivity index (χ4v) is 3.72. The highest BCUT2D eigenvalue weighted by molar-refractivity contribution is 6.20. The maximum Gasteiger partial charge on any atom is 0.161 e. The lowest BCUT2D eigenvalue weighted by atomic mass is 10.00. The van der Waals surface area contributed by atoms with Gasteiger partial charge in [0.2, 0.25) is 0 Å². The molecule has 3 aromatic carbocycles. The van der Waals surface area contributed by atoms with Crippen molar-refractivity contribution in [2.75, 3.05) is 14.2 Å². The van der Waals surface area contributed by atoms with Gasteiger partial charge in [-0.25, -0.2) is 0 Å². The average Bonchev–Trinajstić information content (AvgIpc) is 3.00. The summed E-state index contributed by atoms with van der Waals surface area (Å²) in [6.45, 7) is 2.94. The van der Waals surface area contributed by atoms with Crippen LogP contribution in [0.5, 0.6) is 11.5 Å². The minimum absolute atomic E-state index is 0.664. The summed E-state index contributed by atoms with van der Waals surface area (Å²) < 4.78 is 13.2. The van der Waals surface area contributed by atoms with Crippen molar-refractivity contribution in [1.29, 1.82) is 5.26 Å². The Bertz CT molecular complexity index is 1170. The number of fused-ring (bicyclic) bond motifs is 5. The van der Waals surface area contributed by atoms with Gasteiger partial charge in [0, 0.05) is 28.2 Å². The molecule has 1 heterocycles. The lowest BCUT2D eigenvalue weighted by Crippen LogP contribution is -1.96. The summed E-state index contributed by atoms with van der Waals surface area (Å²) in [5.74, 6) is 1.35. The summed E-state index contributed by atoms with van der Waals surface area (Å²) in [5, 5.41) is 13.9. The Morgan fingerprint density at radius 2 is 1.72 bits per heavy atom. The van der Waals surface area contributed by atoms with Crippen molar-refractivity contribution in [3.8, 4) is 17.6 Å². The van der Waals surface area contributed by atoms with Gasteiger partial charge >= 0.3 is 0 Å². The monoisotopic (exact) mass is 330 g/mol. The molecule has 0 aliphatic rings. The molecule has 0 spiro atoms. The zero-order chi connectivity index (χ0) is 17.6. The van der Waals surface area contributed by atoms with Crippen molar-refractivity contribution in [3.05, 3.63) is 48.0 Å². The summed E-state index contributed by atoms with van der Waals surface area (Å²) in [6, 6.07) is 16.5. The number of aryl methyl sites for hydroxylation is 1. The number of para-hydroxylation sites is 1. The number of hydrogen-bond donors (Lipinski definition) is 0. The Balaban J connectivity index is 2.32. The van der Waals surface area contributed by atoms with Crippen LogP contribution in [-0.2, 0) is 6.54 Å². The number of rotatable bonds is 3. The summed E-state index contributed by atoms with van der Waals surface area (Å²) in [6.07, 6.45) is 0. The summed E-state index contributed by atoms with van der Waals surface area (Å²) in [7, 11) is 3.26. The van der Waals surface area contributed by atoms with Crippen molar-refractivity contribution in [1.82, 2.24) is 4.57 Å². The molecule has 0 saturated heterocycles. The van der Waals surface area contributed by atoms with Crippen LogP contribution >= 0.6 is 0 Å². The highest BCUT2D eigenvalue weighted by Crippen LogP contribution is 2.40. The van der Waals surface area contributed by atoms with Gasteiger partial charge in [0.25, 0.3) is 0 Å². The molecule has 0 saturated carbocycles. The van der Waals surface area contributed by atoms with Crippen molar-refractivity contribution in [2.24, 2.45) is 0 Å². The van der Waals surface area contributed by atoms with Gasteiger partial charge < -0.3 is 14.0 Å². The SMILES string of the molecule is CCn1c2ccccc2c2c(C#N)cc3cc(OC)c(OC)cc3c21. The molecule has 0 aliphatic carbocycles. The first-order chi connectivity index (χ1) is 12.2. The van der Waals surface area contributed by atoms with E-state index in [-0.39, 0.29) is 0 Å². The Kier molecular flexibility index (Phi) is 3.51. The van der Waals surface area contributed by atoms with Crippen LogP contribution in [-0.4, -0.2) is 18.8 Å². The van der Waals surface area contributed by atoms with Crippen molar-refractivity contribution in [3.63, 3.8) is 0 Å². The van der Waals surface area contributed by atoms with E-state index >= 15 is 0 Å². The number of aromatic nitrogens is 1. The normalized spacial score (nSPS) is 11.1. The first kappa shape index (κ1) is 15.3. The van der Waals surface area contributed by atoms with Gasteiger partial charge in [-0.05, 0) is 36.6 Å². The number of benzene rings is 3. The molecule has 0 N–H and O–H groups in total. The first-order valence-corrected chi connectivity index (χ1v) is 8.23. The summed E-state index contributed by atoms with van der Waals surface area (Å²) in [4.78, 5) is 0. The topological polar surface area (TPSA) is 47.2 Å². The zero-order valence-corrected chi connectivity index (χ0v) is 14.5. The Morgan fingerprint density at radius 3 is 2.40 bits per heavy atom. The van der Waals surface area contributed by atoms with E-state index in [9.17, 15) is 5.26 Å². The smallest absolute Gasteiger partial charge is 0.161 e. The number of hydrogen-bond acceptors (Lipinski definition) is 3. The third kappa shape index (κ3) is 2.06. The van der Waals surface area contributed by atoms with Gasteiger partial charge in [-0.3, -0.25) is 0 Å². The van der Waals surface area contributed by atoms with E-state index in [0.717, 1.165) is 39.1 Å². The van der Waals surface area contributed by atoms with Crippen LogP contribution in [0.25, 0.3) is 32.6 Å². The molecule has 1 aromatic heterocycles. The molecule has 0 bridgehead atoms. The molecule has 124 valence electrons. The van der Waals surface area contributed by atoms with Gasteiger partial charge in [0.05, 0.1) is 31.4 Å². The average molecular weight is 330 g/mol. The quantitative estimate of drug-likeness (QED) is 0.539. The molecule has 0 radical (unpaired) electrons. The number of nitrogens with zero attached hydrogens (tertiary/aromatic N) is 2. The molecule has 0 amide bonds. The maximum absolute atomic E-state index is 9.75. The van der Waals surface area contributed by atoms with Crippen LogP contribution in [0.3, 0.4) is 0 Å². The number of nitriles is 1. The lowest BCUT2D eigenvalue weighted by molar-refractivity contribution is 0.356. The fraction of sp³-hybridized carbons (Fsp3) is 0.190. The first-order valence-electron chi connectivity index (χ1n) is 8.23. The number of methoxy groups -OCH3 is 2. The second-order valence-corrected chi connectivity index (χ2v) is 5.95. The molecule has 4 nitrogen and oxygen atoms in total. The molecule has 25 heavy (non-hydrogen) atoms. The van der Waals surface area contributed by atoms with Crippen LogP contribution in [0.1, 0.15) is 12.5 Å². The van der Waals surface area contributed by atoms with Gasteiger partial charge in [-0.15, -0.1) is 0 Å². The van der Waals surface area contributed by atoms with E-state index in [2.05, 4.69) is 29.7 Å². The molecule has 0 atom stereocenters. The largest absolute Gasteiger partial charge is 0.493 e. The van der Waals surface area contributed by atoms with Crippen LogP contribution in [0, 0.1) is 11.3 Å². The maximum atomic E-state index is 9.75. The lowest BCUT2D eigenvalue weighted by Gasteiger charge is -2.12. The second kappa shape index (κ2) is 5.71. The molecule has 4 aromatic rings. The Labute approximate surface area is 145 Å². The molecular formula is C21H18N2O2. The Morgan fingerprint density at radius 1 is 1.00 bits per heavy atom. The van der Waals surface area contributed by atoms with E-state index in [4.69, 9.17) is 9.47 Å². The zero-order valence-electron chi connectivity index (χ0n) is 14.5. The summed E-state index contributed by atoms with van der Waals surface area (Å²) in [5.41, 5.74) is 2.88. The molecule has 0 unspecified atom stereocenters. The van der Waals surface area contributed by atoms with E-state index in [1.54, 1.807) is 14.2 Å². The van der Waals surface area contributed by atoms with Gasteiger partial charge in [-0.2, -0.15) is 5.26 Å². The third-order valence-corrected chi connectivity index (χ3v) is 4.79. The van der Waals surface area contributed by atoms with E-state index in [1.165, 1.54) is 0 Å². The second-order valence-electron chi connectivity index (χ2n) is 5.95. The van der Waals surface area contributed by atoms with E-state index in [1.807, 2.05) is 30.3 Å². The van der Waals surface area contributed by atoms with Gasteiger partial charge in [-0.1, -0.05) is 18.2 Å². The number of ether oxygens (including phenoxy) is 2. The van der Waals surface area contributed by atoms with Crippen LogP contribution < -0.4 is 9.47 Å². The third-order valence-electron chi connectivity index (χ3n) is 4.79. The van der Waals surface area contributed by atoms with E-state index < -0.39 is 0 Å². The minimum Gasteiger partial charge on any atom is -0.493 e. The molecule has 4 rings (SSSR count). The van der Waals surface area contributed by atoms with Crippen LogP contribution in [0.15, 0.2) is 42.5 Å². The standard InChI is InChI=1S/C21H18N2O2/c1-4-23-17-8-6-5-7-15(17)20-14(12-22)9-13-10-18(24-2)19(25-3)11-16(13)21(20)23/h5-11H,4H2,1-3H3. The van der Waals surface area contributed by atoms with Crippen molar-refractivity contribution < 1.29 is 9.47 Å². The van der Waals surface area contributed by atoms with Gasteiger partial charge in [0.1, 0.15) is 0 Å². The highest BCUT2D eigenvalue weighted by Gasteiger charge is 2.18. The molecule has 4 heteroatoms. The minimum atomic E-state index is 0.664. The Hall–Kier alpha value is -3.19. The molecular weight excluding hydrogens is 312 g/mol. The predicted octanol–water partition coefficient (Wildman–Crippen LogP) is 4.86. The molecule has 0 aliphatic heterocycles. The highest BCUT2D eigenvalue weighted by atomic mass is 16.5. The predicted molar refractivity (Wildman–Crippen MR) is 100 cm³/mol. The van der Waals surface area contributed by atoms with Crippen molar-refractivity contribution in [2.45, 2.75) is 13.5 Å². The van der Waals surface area contributed by atoms with E-state index in [0.29, 0.717) is 17.1 Å². The van der Waals surface area contributed by atoms with Gasteiger partial charge in [0.15, 0.2) is 11.5 Å². The fourth-order valence-electron chi connectivity index (χ4n) is 3.72. The van der Waals surface area contributed by atoms with Crippen LogP contribution in [0.4, 0.5) is 0 Å². The molecule has 0 fully saturated rings. The van der Waals surface area contributed by atoms with Crippen molar-refractivity contribution >= 4 is 32.6 Å².